The van der Waals surface area contributed by atoms with E-state index in [-0.39, 0.29) is 23.5 Å². The molecule has 7 nitrogen and oxygen atoms in total. The Morgan fingerprint density at radius 1 is 1.17 bits per heavy atom. The van der Waals surface area contributed by atoms with Crippen LogP contribution in [0.25, 0.3) is 0 Å². The second-order valence-electron chi connectivity index (χ2n) is 7.26. The van der Waals surface area contributed by atoms with Gasteiger partial charge in [-0.05, 0) is 43.9 Å². The van der Waals surface area contributed by atoms with Crippen LogP contribution in [0.1, 0.15) is 32.3 Å². The summed E-state index contributed by atoms with van der Waals surface area (Å²) >= 11 is 1.39. The van der Waals surface area contributed by atoms with E-state index < -0.39 is 0 Å². The summed E-state index contributed by atoms with van der Waals surface area (Å²) < 4.78 is 0. The van der Waals surface area contributed by atoms with Gasteiger partial charge in [0, 0.05) is 37.3 Å². The summed E-state index contributed by atoms with van der Waals surface area (Å²) in [5.74, 6) is 1.29. The second-order valence-corrected chi connectivity index (χ2v) is 8.26. The number of hydrogen-bond donors (Lipinski definition) is 2. The molecule has 0 aliphatic carbocycles. The van der Waals surface area contributed by atoms with E-state index in [1.807, 2.05) is 37.3 Å². The molecule has 1 aliphatic heterocycles. The number of benzene rings is 1. The van der Waals surface area contributed by atoms with E-state index in [1.54, 1.807) is 0 Å². The summed E-state index contributed by atoms with van der Waals surface area (Å²) in [6.07, 6.45) is 4.11. The van der Waals surface area contributed by atoms with Crippen molar-refractivity contribution in [1.29, 1.82) is 0 Å². The highest BCUT2D eigenvalue weighted by Gasteiger charge is 2.25. The van der Waals surface area contributed by atoms with E-state index in [0.717, 1.165) is 48.9 Å². The average Bonchev–Trinajstić information content (AvgIpc) is 2.78. The number of carbonyl (C=O) groups excluding carboxylic acids is 2. The Morgan fingerprint density at radius 2 is 1.97 bits per heavy atom. The van der Waals surface area contributed by atoms with Crippen LogP contribution in [0.15, 0.2) is 41.7 Å². The number of anilines is 2. The van der Waals surface area contributed by atoms with Crippen LogP contribution in [0, 0.1) is 5.92 Å². The van der Waals surface area contributed by atoms with Crippen molar-refractivity contribution in [2.24, 2.45) is 5.92 Å². The zero-order valence-electron chi connectivity index (χ0n) is 17.6. The molecular formula is C22H29N5O2S. The smallest absolute Gasteiger partial charge is 0.234 e. The number of piperidine rings is 1. The van der Waals surface area contributed by atoms with Gasteiger partial charge in [-0.3, -0.25) is 9.59 Å². The number of nitrogens with one attached hydrogen (secondary N) is 2. The van der Waals surface area contributed by atoms with Crippen molar-refractivity contribution in [1.82, 2.24) is 15.3 Å². The topological polar surface area (TPSA) is 87.2 Å². The Labute approximate surface area is 182 Å². The first-order chi connectivity index (χ1) is 14.6. The first-order valence-electron chi connectivity index (χ1n) is 10.4. The summed E-state index contributed by atoms with van der Waals surface area (Å²) in [5.41, 5.74) is 2.01. The predicted molar refractivity (Wildman–Crippen MR) is 121 cm³/mol. The number of hydrogen-bond acceptors (Lipinski definition) is 6. The Bertz CT molecular complexity index is 868. The fourth-order valence-electron chi connectivity index (χ4n) is 3.48. The van der Waals surface area contributed by atoms with Crippen LogP contribution in [0.3, 0.4) is 0 Å². The first-order valence-corrected chi connectivity index (χ1v) is 11.4. The average molecular weight is 428 g/mol. The molecular weight excluding hydrogens is 398 g/mol. The van der Waals surface area contributed by atoms with Gasteiger partial charge in [0.25, 0.3) is 0 Å². The standard InChI is InChI=1S/C22H29N5O2S/c1-3-16-6-5-7-18(12-16)26-20(28)14-30-21-13-19(24-15-25-21)27-10-8-17(9-11-27)22(29)23-4-2/h5-7,12-13,15,17H,3-4,8-11,14H2,1-2H3,(H,23,29)(H,26,28). The van der Waals surface area contributed by atoms with Gasteiger partial charge in [-0.25, -0.2) is 9.97 Å². The van der Waals surface area contributed by atoms with E-state index in [2.05, 4.69) is 32.4 Å². The van der Waals surface area contributed by atoms with Gasteiger partial charge in [0.1, 0.15) is 17.2 Å². The maximum absolute atomic E-state index is 12.3. The largest absolute Gasteiger partial charge is 0.356 e. The second kappa shape index (κ2) is 11.0. The molecule has 1 aromatic carbocycles. The lowest BCUT2D eigenvalue weighted by Gasteiger charge is -2.32. The highest BCUT2D eigenvalue weighted by Crippen LogP contribution is 2.25. The van der Waals surface area contributed by atoms with Crippen molar-refractivity contribution in [3.05, 3.63) is 42.2 Å². The molecule has 1 fully saturated rings. The Kier molecular flexibility index (Phi) is 8.07. The highest BCUT2D eigenvalue weighted by molar-refractivity contribution is 7.99. The number of carbonyl (C=O) groups is 2. The highest BCUT2D eigenvalue weighted by atomic mass is 32.2. The molecule has 2 amide bonds. The van der Waals surface area contributed by atoms with Gasteiger partial charge in [0.15, 0.2) is 0 Å². The monoisotopic (exact) mass is 427 g/mol. The van der Waals surface area contributed by atoms with E-state index in [1.165, 1.54) is 23.7 Å². The lowest BCUT2D eigenvalue weighted by atomic mass is 9.96. The third-order valence-corrected chi connectivity index (χ3v) is 6.06. The molecule has 0 saturated carbocycles. The zero-order valence-corrected chi connectivity index (χ0v) is 18.4. The van der Waals surface area contributed by atoms with Crippen LogP contribution in [0.2, 0.25) is 0 Å². The SMILES string of the molecule is CCNC(=O)C1CCN(c2cc(SCC(=O)Nc3cccc(CC)c3)ncn2)CC1. The van der Waals surface area contributed by atoms with E-state index in [9.17, 15) is 9.59 Å². The first kappa shape index (κ1) is 22.1. The number of thioether (sulfide) groups is 1. The number of nitrogens with zero attached hydrogens (tertiary/aromatic N) is 3. The van der Waals surface area contributed by atoms with Crippen molar-refractivity contribution in [2.75, 3.05) is 35.6 Å². The number of rotatable bonds is 8. The molecule has 160 valence electrons. The molecule has 8 heteroatoms. The van der Waals surface area contributed by atoms with Crippen molar-refractivity contribution in [3.63, 3.8) is 0 Å². The van der Waals surface area contributed by atoms with Gasteiger partial charge in [0.2, 0.25) is 11.8 Å². The molecule has 0 radical (unpaired) electrons. The predicted octanol–water partition coefficient (Wildman–Crippen LogP) is 3.12. The van der Waals surface area contributed by atoms with E-state index in [0.29, 0.717) is 6.54 Å². The quantitative estimate of drug-likeness (QED) is 0.497. The minimum Gasteiger partial charge on any atom is -0.356 e. The van der Waals surface area contributed by atoms with Crippen molar-refractivity contribution >= 4 is 35.1 Å². The Balaban J connectivity index is 1.51. The summed E-state index contributed by atoms with van der Waals surface area (Å²) in [6, 6.07) is 9.81. The Hall–Kier alpha value is -2.61. The normalized spacial score (nSPS) is 14.4. The fraction of sp³-hybridized carbons (Fsp3) is 0.455. The summed E-state index contributed by atoms with van der Waals surface area (Å²) in [7, 11) is 0. The maximum atomic E-state index is 12.3. The molecule has 30 heavy (non-hydrogen) atoms. The van der Waals surface area contributed by atoms with E-state index >= 15 is 0 Å². The molecule has 0 spiro atoms. The van der Waals surface area contributed by atoms with Crippen LogP contribution in [0.4, 0.5) is 11.5 Å². The van der Waals surface area contributed by atoms with E-state index in [4.69, 9.17) is 0 Å². The number of aromatic nitrogens is 2. The minimum atomic E-state index is -0.0591. The molecule has 0 bridgehead atoms. The van der Waals surface area contributed by atoms with Gasteiger partial charge in [0.05, 0.1) is 5.75 Å². The van der Waals surface area contributed by atoms with Gasteiger partial charge >= 0.3 is 0 Å². The third-order valence-electron chi connectivity index (χ3n) is 5.14. The van der Waals surface area contributed by atoms with Gasteiger partial charge in [-0.15, -0.1) is 0 Å². The molecule has 2 N–H and O–H groups in total. The minimum absolute atomic E-state index is 0.0591. The van der Waals surface area contributed by atoms with Crippen LogP contribution in [-0.4, -0.2) is 47.2 Å². The molecule has 1 saturated heterocycles. The molecule has 2 aromatic rings. The molecule has 1 aliphatic rings. The zero-order chi connectivity index (χ0) is 21.3. The summed E-state index contributed by atoms with van der Waals surface area (Å²) in [6.45, 7) is 6.28. The van der Waals surface area contributed by atoms with Crippen LogP contribution < -0.4 is 15.5 Å². The van der Waals surface area contributed by atoms with Crippen LogP contribution in [-0.2, 0) is 16.0 Å². The van der Waals surface area contributed by atoms with Gasteiger partial charge < -0.3 is 15.5 Å². The molecule has 2 heterocycles. The molecule has 1 aromatic heterocycles. The molecule has 3 rings (SSSR count). The van der Waals surface area contributed by atoms with Crippen LogP contribution >= 0.6 is 11.8 Å². The molecule has 0 unspecified atom stereocenters. The van der Waals surface area contributed by atoms with Crippen molar-refractivity contribution in [2.45, 2.75) is 38.1 Å². The number of aryl methyl sites for hydroxylation is 1. The summed E-state index contributed by atoms with van der Waals surface area (Å²) in [5, 5.41) is 6.61. The van der Waals surface area contributed by atoms with Crippen molar-refractivity contribution in [3.8, 4) is 0 Å². The maximum Gasteiger partial charge on any atom is 0.234 e. The number of amides is 2. The van der Waals surface area contributed by atoms with Gasteiger partial charge in [-0.1, -0.05) is 30.8 Å². The van der Waals surface area contributed by atoms with Crippen molar-refractivity contribution < 1.29 is 9.59 Å². The summed E-state index contributed by atoms with van der Waals surface area (Å²) in [4.78, 5) is 35.2. The lowest BCUT2D eigenvalue weighted by Crippen LogP contribution is -2.40. The van der Waals surface area contributed by atoms with Crippen LogP contribution in [0.5, 0.6) is 0 Å². The Morgan fingerprint density at radius 3 is 2.70 bits per heavy atom. The third kappa shape index (κ3) is 6.19. The molecule has 0 atom stereocenters. The van der Waals surface area contributed by atoms with Gasteiger partial charge in [-0.2, -0.15) is 0 Å². The fourth-order valence-corrected chi connectivity index (χ4v) is 4.14. The lowest BCUT2D eigenvalue weighted by molar-refractivity contribution is -0.125.